The molecule has 1 unspecified atom stereocenters. The summed E-state index contributed by atoms with van der Waals surface area (Å²) in [6, 6.07) is 2.28. The lowest BCUT2D eigenvalue weighted by Crippen LogP contribution is -2.50. The first-order valence-corrected chi connectivity index (χ1v) is 11.1. The Labute approximate surface area is 172 Å². The van der Waals surface area contributed by atoms with E-state index in [4.69, 9.17) is 4.74 Å². The molecule has 0 aromatic carbocycles. The second-order valence-corrected chi connectivity index (χ2v) is 8.50. The standard InChI is InChI=1S/C21H33N5O3/c27-20-13-16-15-29-12-8-19(16)24-26(20)11-10-25-9-4-3-7-18(25)14-22-21(28)23-17-5-1-2-6-17/h13,17-18H,1-12,14-15H2,(H2,22,23,28). The average molecular weight is 404 g/mol. The fourth-order valence-corrected chi connectivity index (χ4v) is 4.74. The molecule has 3 aliphatic rings. The number of nitrogens with zero attached hydrogens (tertiary/aromatic N) is 3. The predicted molar refractivity (Wildman–Crippen MR) is 110 cm³/mol. The van der Waals surface area contributed by atoms with Crippen molar-refractivity contribution in [1.82, 2.24) is 25.3 Å². The summed E-state index contributed by atoms with van der Waals surface area (Å²) in [7, 11) is 0. The van der Waals surface area contributed by atoms with E-state index < -0.39 is 0 Å². The molecule has 2 amide bonds. The Morgan fingerprint density at radius 2 is 2.00 bits per heavy atom. The molecule has 8 heteroatoms. The highest BCUT2D eigenvalue weighted by Gasteiger charge is 2.24. The van der Waals surface area contributed by atoms with Gasteiger partial charge in [0, 0.05) is 43.2 Å². The number of carbonyl (C=O) groups is 1. The Morgan fingerprint density at radius 3 is 2.86 bits per heavy atom. The van der Waals surface area contributed by atoms with Crippen LogP contribution in [-0.2, 0) is 24.3 Å². The van der Waals surface area contributed by atoms with Gasteiger partial charge >= 0.3 is 6.03 Å². The van der Waals surface area contributed by atoms with Crippen molar-refractivity contribution in [3.05, 3.63) is 27.7 Å². The van der Waals surface area contributed by atoms with Crippen LogP contribution < -0.4 is 16.2 Å². The third-order valence-corrected chi connectivity index (χ3v) is 6.44. The summed E-state index contributed by atoms with van der Waals surface area (Å²) in [5.41, 5.74) is 1.85. The van der Waals surface area contributed by atoms with Crippen LogP contribution in [-0.4, -0.2) is 59.0 Å². The fraction of sp³-hybridized carbons (Fsp3) is 0.762. The summed E-state index contributed by atoms with van der Waals surface area (Å²) in [4.78, 5) is 27.0. The number of ether oxygens (including phenoxy) is 1. The number of urea groups is 1. The molecule has 2 fully saturated rings. The first kappa shape index (κ1) is 20.3. The van der Waals surface area contributed by atoms with Crippen LogP contribution in [0.25, 0.3) is 0 Å². The van der Waals surface area contributed by atoms with E-state index in [-0.39, 0.29) is 11.6 Å². The fourth-order valence-electron chi connectivity index (χ4n) is 4.74. The van der Waals surface area contributed by atoms with E-state index >= 15 is 0 Å². The topological polar surface area (TPSA) is 88.5 Å². The first-order chi connectivity index (χ1) is 14.2. The number of nitrogens with one attached hydrogen (secondary N) is 2. The second-order valence-electron chi connectivity index (χ2n) is 8.50. The smallest absolute Gasteiger partial charge is 0.315 e. The maximum Gasteiger partial charge on any atom is 0.315 e. The van der Waals surface area contributed by atoms with E-state index in [0.29, 0.717) is 38.4 Å². The Balaban J connectivity index is 1.30. The molecule has 1 aromatic rings. The Hall–Kier alpha value is -1.93. The maximum absolute atomic E-state index is 12.4. The molecule has 29 heavy (non-hydrogen) atoms. The second kappa shape index (κ2) is 9.71. The SMILES string of the molecule is O=C(NCC1CCCCN1CCn1nc2c(cc1=O)COCC2)NC1CCCC1. The molecule has 1 atom stereocenters. The van der Waals surface area contributed by atoms with Gasteiger partial charge in [0.1, 0.15) is 0 Å². The van der Waals surface area contributed by atoms with Gasteiger partial charge in [-0.15, -0.1) is 0 Å². The predicted octanol–water partition coefficient (Wildman–Crippen LogP) is 1.41. The van der Waals surface area contributed by atoms with Crippen LogP contribution in [0.15, 0.2) is 10.9 Å². The Morgan fingerprint density at radius 1 is 1.17 bits per heavy atom. The summed E-state index contributed by atoms with van der Waals surface area (Å²) in [6.07, 6.45) is 8.80. The van der Waals surface area contributed by atoms with Crippen LogP contribution >= 0.6 is 0 Å². The van der Waals surface area contributed by atoms with Gasteiger partial charge in [-0.3, -0.25) is 9.69 Å². The number of amides is 2. The zero-order chi connectivity index (χ0) is 20.1. The molecule has 1 aromatic heterocycles. The molecule has 4 rings (SSSR count). The summed E-state index contributed by atoms with van der Waals surface area (Å²) >= 11 is 0. The lowest BCUT2D eigenvalue weighted by Gasteiger charge is -2.36. The summed E-state index contributed by atoms with van der Waals surface area (Å²) in [5.74, 6) is 0. The highest BCUT2D eigenvalue weighted by atomic mass is 16.5. The third-order valence-electron chi connectivity index (χ3n) is 6.44. The van der Waals surface area contributed by atoms with Crippen LogP contribution in [0.5, 0.6) is 0 Å². The van der Waals surface area contributed by atoms with Gasteiger partial charge in [0.2, 0.25) is 0 Å². The van der Waals surface area contributed by atoms with E-state index in [1.807, 2.05) is 0 Å². The Bertz CT molecular complexity index is 759. The molecule has 1 saturated carbocycles. The van der Waals surface area contributed by atoms with E-state index in [9.17, 15) is 9.59 Å². The van der Waals surface area contributed by atoms with Crippen molar-refractivity contribution >= 4 is 6.03 Å². The van der Waals surface area contributed by atoms with Gasteiger partial charge in [0.25, 0.3) is 5.56 Å². The Kier molecular flexibility index (Phi) is 6.82. The van der Waals surface area contributed by atoms with Crippen molar-refractivity contribution in [2.45, 2.75) is 76.6 Å². The lowest BCUT2D eigenvalue weighted by atomic mass is 10.0. The average Bonchev–Trinajstić information content (AvgIpc) is 3.24. The molecule has 0 bridgehead atoms. The molecule has 0 spiro atoms. The van der Waals surface area contributed by atoms with Gasteiger partial charge in [0.15, 0.2) is 0 Å². The minimum atomic E-state index is -0.0584. The molecule has 2 aliphatic heterocycles. The van der Waals surface area contributed by atoms with Gasteiger partial charge in [0.05, 0.1) is 25.5 Å². The highest BCUT2D eigenvalue weighted by Crippen LogP contribution is 2.18. The third kappa shape index (κ3) is 5.36. The molecule has 160 valence electrons. The maximum atomic E-state index is 12.4. The highest BCUT2D eigenvalue weighted by molar-refractivity contribution is 5.74. The van der Waals surface area contributed by atoms with Crippen molar-refractivity contribution in [3.8, 4) is 0 Å². The molecule has 1 saturated heterocycles. The number of hydrogen-bond donors (Lipinski definition) is 2. The molecule has 3 heterocycles. The number of aromatic nitrogens is 2. The van der Waals surface area contributed by atoms with Crippen molar-refractivity contribution in [3.63, 3.8) is 0 Å². The number of piperidine rings is 1. The van der Waals surface area contributed by atoms with Gasteiger partial charge < -0.3 is 15.4 Å². The summed E-state index contributed by atoms with van der Waals surface area (Å²) in [6.45, 7) is 4.17. The number of fused-ring (bicyclic) bond motifs is 1. The molecule has 8 nitrogen and oxygen atoms in total. The van der Waals surface area contributed by atoms with Crippen LogP contribution in [0.1, 0.15) is 56.2 Å². The molecule has 0 radical (unpaired) electrons. The zero-order valence-corrected chi connectivity index (χ0v) is 17.2. The normalized spacial score (nSPS) is 23.0. The lowest BCUT2D eigenvalue weighted by molar-refractivity contribution is 0.107. The van der Waals surface area contributed by atoms with Gasteiger partial charge in [-0.05, 0) is 32.2 Å². The van der Waals surface area contributed by atoms with E-state index in [1.165, 1.54) is 19.3 Å². The van der Waals surface area contributed by atoms with Crippen LogP contribution in [0, 0.1) is 0 Å². The summed E-state index contributed by atoms with van der Waals surface area (Å²) in [5, 5.41) is 10.7. The van der Waals surface area contributed by atoms with Crippen LogP contribution in [0.3, 0.4) is 0 Å². The number of carbonyl (C=O) groups excluding carboxylic acids is 1. The number of hydrogen-bond acceptors (Lipinski definition) is 5. The number of likely N-dealkylation sites (tertiary alicyclic amines) is 1. The molecule has 1 aliphatic carbocycles. The first-order valence-electron chi connectivity index (χ1n) is 11.1. The molecular formula is C21H33N5O3. The minimum Gasteiger partial charge on any atom is -0.376 e. The summed E-state index contributed by atoms with van der Waals surface area (Å²) < 4.78 is 7.01. The van der Waals surface area contributed by atoms with Crippen LogP contribution in [0.4, 0.5) is 4.79 Å². The van der Waals surface area contributed by atoms with Crippen molar-refractivity contribution in [2.75, 3.05) is 26.2 Å². The van der Waals surface area contributed by atoms with E-state index in [1.54, 1.807) is 10.7 Å². The van der Waals surface area contributed by atoms with Crippen LogP contribution in [0.2, 0.25) is 0 Å². The monoisotopic (exact) mass is 403 g/mol. The van der Waals surface area contributed by atoms with Gasteiger partial charge in [-0.2, -0.15) is 5.10 Å². The van der Waals surface area contributed by atoms with E-state index in [0.717, 1.165) is 56.5 Å². The van der Waals surface area contributed by atoms with E-state index in [2.05, 4.69) is 20.6 Å². The van der Waals surface area contributed by atoms with Crippen molar-refractivity contribution in [2.24, 2.45) is 0 Å². The molecule has 2 N–H and O–H groups in total. The van der Waals surface area contributed by atoms with Crippen molar-refractivity contribution < 1.29 is 9.53 Å². The quantitative estimate of drug-likeness (QED) is 0.750. The largest absolute Gasteiger partial charge is 0.376 e. The van der Waals surface area contributed by atoms with Gasteiger partial charge in [-0.1, -0.05) is 19.3 Å². The molecular weight excluding hydrogens is 370 g/mol. The minimum absolute atomic E-state index is 0.0442. The zero-order valence-electron chi connectivity index (χ0n) is 17.2. The van der Waals surface area contributed by atoms with Crippen molar-refractivity contribution in [1.29, 1.82) is 0 Å². The number of rotatable bonds is 6. The van der Waals surface area contributed by atoms with Gasteiger partial charge in [-0.25, -0.2) is 9.48 Å².